The van der Waals surface area contributed by atoms with Crippen LogP contribution < -0.4 is 4.90 Å². The van der Waals surface area contributed by atoms with Crippen molar-refractivity contribution in [2.45, 2.75) is 129 Å². The molecule has 0 atom stereocenters. The number of aryl methyl sites for hydroxylation is 11. The van der Waals surface area contributed by atoms with Gasteiger partial charge in [0.25, 0.3) is 0 Å². The van der Waals surface area contributed by atoms with Crippen LogP contribution in [0.25, 0.3) is 55.6 Å². The van der Waals surface area contributed by atoms with E-state index in [2.05, 4.69) is 204 Å². The van der Waals surface area contributed by atoms with Crippen LogP contribution in [0.4, 0.5) is 17.3 Å². The number of anilines is 3. The smallest absolute Gasteiger partial charge is 0.161 e. The normalized spacial score (nSPS) is 12.5. The number of imidazole rings is 2. The minimum absolute atomic E-state index is 0.118. The Hall–Kier alpha value is -6.34. The highest BCUT2D eigenvalue weighted by Gasteiger charge is 2.31. The quantitative estimate of drug-likeness (QED) is 0.173. The van der Waals surface area contributed by atoms with E-state index < -0.39 is 0 Å². The molecule has 3 aromatic carbocycles. The molecule has 0 bridgehead atoms. The Kier molecular flexibility index (Phi) is 9.97. The molecule has 9 rings (SSSR count). The predicted molar refractivity (Wildman–Crippen MR) is 270 cm³/mol. The van der Waals surface area contributed by atoms with E-state index in [0.717, 1.165) is 95.7 Å². The van der Waals surface area contributed by atoms with Crippen LogP contribution in [0.2, 0.25) is 0 Å². The summed E-state index contributed by atoms with van der Waals surface area (Å²) in [4.78, 5) is 24.6. The summed E-state index contributed by atoms with van der Waals surface area (Å²) in [5.74, 6) is 1.67. The summed E-state index contributed by atoms with van der Waals surface area (Å²) in [7, 11) is 0. The number of hydrogen-bond acceptors (Lipinski definition) is 5. The minimum atomic E-state index is -0.118. The molecule has 0 N–H and O–H groups in total. The van der Waals surface area contributed by atoms with Gasteiger partial charge in [0.05, 0.1) is 39.5 Å². The Morgan fingerprint density at radius 2 is 0.734 bits per heavy atom. The first kappa shape index (κ1) is 42.9. The van der Waals surface area contributed by atoms with Gasteiger partial charge in [0.1, 0.15) is 11.3 Å². The molecule has 6 heterocycles. The van der Waals surface area contributed by atoms with Crippen molar-refractivity contribution in [2.24, 2.45) is 0 Å². The molecule has 0 aliphatic heterocycles. The van der Waals surface area contributed by atoms with Crippen molar-refractivity contribution in [3.8, 4) is 22.5 Å². The molecule has 0 aliphatic rings. The highest BCUT2D eigenvalue weighted by Crippen LogP contribution is 2.46. The van der Waals surface area contributed by atoms with E-state index in [1.54, 1.807) is 0 Å². The summed E-state index contributed by atoms with van der Waals surface area (Å²) >= 11 is 0. The average molecular weight is 846 g/mol. The van der Waals surface area contributed by atoms with Gasteiger partial charge in [-0.1, -0.05) is 94.6 Å². The van der Waals surface area contributed by atoms with Crippen LogP contribution >= 0.6 is 0 Å². The molecule has 0 unspecified atom stereocenters. The Morgan fingerprint density at radius 1 is 0.406 bits per heavy atom. The fraction of sp³-hybridized carbons (Fsp3) is 0.333. The molecular formula is C57H63N7. The zero-order valence-electron chi connectivity index (χ0n) is 41.1. The second-order valence-electron chi connectivity index (χ2n) is 20.8. The lowest BCUT2D eigenvalue weighted by atomic mass is 9.91. The number of benzene rings is 3. The van der Waals surface area contributed by atoms with Crippen LogP contribution in [-0.4, -0.2) is 28.7 Å². The average Bonchev–Trinajstić information content (AvgIpc) is 3.71. The van der Waals surface area contributed by atoms with Crippen molar-refractivity contribution in [1.82, 2.24) is 28.7 Å². The van der Waals surface area contributed by atoms with E-state index in [1.165, 1.54) is 50.1 Å². The summed E-state index contributed by atoms with van der Waals surface area (Å²) in [6.45, 7) is 37.6. The zero-order chi connectivity index (χ0) is 46.1. The molecule has 6 aromatic heterocycles. The Bertz CT molecular complexity index is 3150. The van der Waals surface area contributed by atoms with Crippen LogP contribution in [0.5, 0.6) is 0 Å². The monoisotopic (exact) mass is 846 g/mol. The van der Waals surface area contributed by atoms with Crippen molar-refractivity contribution in [1.29, 1.82) is 0 Å². The summed E-state index contributed by atoms with van der Waals surface area (Å²) in [6.07, 6.45) is 0. The molecule has 9 aromatic rings. The Morgan fingerprint density at radius 3 is 1.06 bits per heavy atom. The lowest BCUT2D eigenvalue weighted by Crippen LogP contribution is -2.16. The topological polar surface area (TPSA) is 63.6 Å². The first-order valence-corrected chi connectivity index (χ1v) is 22.7. The molecular weight excluding hydrogens is 783 g/mol. The van der Waals surface area contributed by atoms with E-state index in [0.29, 0.717) is 0 Å². The standard InChI is InChI=1S/C57H63N7/c1-30-22-33(4)49(34(5)23-30)45-28-43-41(18-20-47(58-43)56(12,13)14)54-60-52(39(10)62(45)54)64(51-37(8)26-32(3)27-38(51)9)53-40(11)63-46(50-35(6)24-31(2)25-36(50)7)29-44-42(55(63)61-53)19-21-48(59-44)57(15,16)17/h18-29H,1-17H3. The van der Waals surface area contributed by atoms with Gasteiger partial charge in [0.2, 0.25) is 0 Å². The zero-order valence-corrected chi connectivity index (χ0v) is 41.1. The maximum Gasteiger partial charge on any atom is 0.161 e. The van der Waals surface area contributed by atoms with Gasteiger partial charge >= 0.3 is 0 Å². The van der Waals surface area contributed by atoms with Gasteiger partial charge in [-0.2, -0.15) is 0 Å². The molecule has 0 saturated carbocycles. The molecule has 0 spiro atoms. The van der Waals surface area contributed by atoms with E-state index in [9.17, 15) is 0 Å². The van der Waals surface area contributed by atoms with Gasteiger partial charge in [-0.3, -0.25) is 23.7 Å². The van der Waals surface area contributed by atoms with E-state index in [-0.39, 0.29) is 10.8 Å². The lowest BCUT2D eigenvalue weighted by molar-refractivity contribution is 0.571. The fourth-order valence-electron chi connectivity index (χ4n) is 10.5. The van der Waals surface area contributed by atoms with E-state index >= 15 is 0 Å². The van der Waals surface area contributed by atoms with Crippen molar-refractivity contribution < 1.29 is 0 Å². The van der Waals surface area contributed by atoms with Crippen LogP contribution in [-0.2, 0) is 10.8 Å². The van der Waals surface area contributed by atoms with Crippen LogP contribution in [0.1, 0.15) is 114 Å². The fourth-order valence-corrected chi connectivity index (χ4v) is 10.5. The predicted octanol–water partition coefficient (Wildman–Crippen LogP) is 14.9. The molecule has 0 amide bonds. The molecule has 0 radical (unpaired) electrons. The number of nitrogens with zero attached hydrogens (tertiary/aromatic N) is 7. The minimum Gasteiger partial charge on any atom is -0.294 e. The van der Waals surface area contributed by atoms with Crippen molar-refractivity contribution in [2.75, 3.05) is 4.90 Å². The molecule has 0 fully saturated rings. The molecule has 7 heteroatoms. The number of aromatic nitrogens is 6. The molecule has 326 valence electrons. The summed E-state index contributed by atoms with van der Waals surface area (Å²) in [5.41, 5.74) is 24.1. The van der Waals surface area contributed by atoms with Gasteiger partial charge in [-0.05, 0) is 146 Å². The maximum absolute atomic E-state index is 5.77. The first-order chi connectivity index (χ1) is 30.0. The molecule has 0 saturated heterocycles. The van der Waals surface area contributed by atoms with Gasteiger partial charge in [-0.15, -0.1) is 0 Å². The number of pyridine rings is 4. The summed E-state index contributed by atoms with van der Waals surface area (Å²) in [5, 5.41) is 2.02. The highest BCUT2D eigenvalue weighted by atomic mass is 15.3. The number of hydrogen-bond donors (Lipinski definition) is 0. The molecule has 64 heavy (non-hydrogen) atoms. The van der Waals surface area contributed by atoms with Crippen molar-refractivity contribution >= 4 is 50.4 Å². The van der Waals surface area contributed by atoms with Crippen LogP contribution in [0, 0.1) is 76.2 Å². The van der Waals surface area contributed by atoms with Crippen molar-refractivity contribution in [3.63, 3.8) is 0 Å². The number of rotatable bonds is 5. The van der Waals surface area contributed by atoms with Gasteiger partial charge in [0, 0.05) is 44.1 Å². The van der Waals surface area contributed by atoms with Gasteiger partial charge in [-0.25, -0.2) is 9.97 Å². The second-order valence-corrected chi connectivity index (χ2v) is 20.8. The number of fused-ring (bicyclic) bond motifs is 6. The lowest BCUT2D eigenvalue weighted by Gasteiger charge is -2.26. The van der Waals surface area contributed by atoms with Gasteiger partial charge < -0.3 is 0 Å². The SMILES string of the molecule is Cc1cc(C)c(-c2cc3nc(C(C)(C)C)ccc3c3nc(N(c4nc5c6ccc(C(C)(C)C)nc6cc(-c6c(C)cc(C)cc6C)n5c4C)c4c(C)cc(C)cc4C)c(C)n23)c(C)c1. The third-order valence-corrected chi connectivity index (χ3v) is 13.2. The second kappa shape index (κ2) is 14.9. The Balaban J connectivity index is 1.44. The van der Waals surface area contributed by atoms with E-state index in [4.69, 9.17) is 19.9 Å². The molecule has 0 aliphatic carbocycles. The first-order valence-electron chi connectivity index (χ1n) is 22.7. The van der Waals surface area contributed by atoms with E-state index in [1.807, 2.05) is 0 Å². The van der Waals surface area contributed by atoms with Crippen molar-refractivity contribution in [3.05, 3.63) is 146 Å². The van der Waals surface area contributed by atoms with Crippen LogP contribution in [0.3, 0.4) is 0 Å². The third-order valence-electron chi connectivity index (χ3n) is 13.2. The van der Waals surface area contributed by atoms with Crippen LogP contribution in [0.15, 0.2) is 72.8 Å². The Labute approximate surface area is 379 Å². The summed E-state index contributed by atoms with van der Waals surface area (Å²) < 4.78 is 4.74. The maximum atomic E-state index is 5.77. The molecule has 7 nitrogen and oxygen atoms in total. The summed E-state index contributed by atoms with van der Waals surface area (Å²) in [6, 6.07) is 27.1. The van der Waals surface area contributed by atoms with Gasteiger partial charge in [0.15, 0.2) is 11.6 Å². The largest absolute Gasteiger partial charge is 0.294 e. The highest BCUT2D eigenvalue weighted by molar-refractivity contribution is 5.99. The third kappa shape index (κ3) is 6.86.